The van der Waals surface area contributed by atoms with Gasteiger partial charge in [0.1, 0.15) is 6.34 Å². The van der Waals surface area contributed by atoms with Gasteiger partial charge in [0.25, 0.3) is 5.89 Å². The molecule has 1 aliphatic rings. The number of aromatic nitrogens is 2. The number of allylic oxidation sites excluding steroid dienone is 1. The van der Waals surface area contributed by atoms with Gasteiger partial charge in [-0.25, -0.2) is 4.99 Å². The third kappa shape index (κ3) is 2.84. The van der Waals surface area contributed by atoms with E-state index in [-0.39, 0.29) is 0 Å². The van der Waals surface area contributed by atoms with Crippen LogP contribution in [0.2, 0.25) is 0 Å². The summed E-state index contributed by atoms with van der Waals surface area (Å²) in [6.45, 7) is 1.78. The second-order valence-electron chi connectivity index (χ2n) is 4.46. The molecule has 1 aliphatic heterocycles. The summed E-state index contributed by atoms with van der Waals surface area (Å²) in [5.41, 5.74) is 4.57. The molecular formula is C14H14N4O2S. The monoisotopic (exact) mass is 302 g/mol. The zero-order valence-electron chi connectivity index (χ0n) is 11.4. The van der Waals surface area contributed by atoms with Crippen LogP contribution in [0, 0.1) is 6.92 Å². The van der Waals surface area contributed by atoms with Crippen LogP contribution in [-0.2, 0) is 0 Å². The number of nitrogens with one attached hydrogen (secondary N) is 1. The van der Waals surface area contributed by atoms with Crippen molar-refractivity contribution in [3.05, 3.63) is 41.5 Å². The number of hydroxylamine groups is 1. The lowest BCUT2D eigenvalue weighted by Gasteiger charge is -2.07. The highest BCUT2D eigenvalue weighted by Crippen LogP contribution is 2.39. The Hall–Kier alpha value is -2.12. The molecule has 0 amide bonds. The van der Waals surface area contributed by atoms with Crippen LogP contribution < -0.4 is 5.48 Å². The number of rotatable bonds is 3. The maximum Gasteiger partial charge on any atom is 0.256 e. The van der Waals surface area contributed by atoms with Crippen LogP contribution in [0.3, 0.4) is 0 Å². The van der Waals surface area contributed by atoms with Crippen molar-refractivity contribution in [2.45, 2.75) is 18.2 Å². The molecule has 0 atom stereocenters. The Morgan fingerprint density at radius 2 is 2.29 bits per heavy atom. The molecule has 0 saturated heterocycles. The number of fused-ring (bicyclic) bond motifs is 1. The predicted octanol–water partition coefficient (Wildman–Crippen LogP) is 2.75. The number of benzene rings is 1. The minimum atomic E-state index is 0.481. The second kappa shape index (κ2) is 6.11. The van der Waals surface area contributed by atoms with Crippen LogP contribution in [0.15, 0.2) is 38.7 Å². The molecule has 1 aromatic heterocycles. The van der Waals surface area contributed by atoms with E-state index >= 15 is 0 Å². The summed E-state index contributed by atoms with van der Waals surface area (Å²) >= 11 is 1.76. The van der Waals surface area contributed by atoms with Crippen LogP contribution in [0.4, 0.5) is 0 Å². The van der Waals surface area contributed by atoms with Gasteiger partial charge in [-0.05, 0) is 19.4 Å². The summed E-state index contributed by atoms with van der Waals surface area (Å²) in [6.07, 6.45) is 2.00. The van der Waals surface area contributed by atoms with Gasteiger partial charge < -0.3 is 4.52 Å². The minimum Gasteiger partial charge on any atom is -0.334 e. The Morgan fingerprint density at radius 1 is 1.43 bits per heavy atom. The van der Waals surface area contributed by atoms with Crippen molar-refractivity contribution >= 4 is 29.4 Å². The van der Waals surface area contributed by atoms with Crippen molar-refractivity contribution in [3.63, 3.8) is 0 Å². The molecule has 2 aromatic rings. The number of hydrogen-bond acceptors (Lipinski definition) is 6. The molecular weight excluding hydrogens is 288 g/mol. The summed E-state index contributed by atoms with van der Waals surface area (Å²) in [5.74, 6) is 1.97. The van der Waals surface area contributed by atoms with Gasteiger partial charge in [-0.1, -0.05) is 23.4 Å². The van der Waals surface area contributed by atoms with E-state index in [1.54, 1.807) is 18.7 Å². The van der Waals surface area contributed by atoms with Crippen LogP contribution in [-0.4, -0.2) is 27.4 Å². The standard InChI is InChI=1S/C14H14N4O2S/c1-9-17-14(20-18-9)11-6-7-21-12-5-3-2-4-10(12)13(11)15-8-16-19/h2-5,8,19H,6-7H2,1H3,(H,15,16). The normalized spacial score (nSPS) is 15.1. The highest BCUT2D eigenvalue weighted by Gasteiger charge is 2.21. The minimum absolute atomic E-state index is 0.481. The lowest BCUT2D eigenvalue weighted by Crippen LogP contribution is -2.03. The molecule has 7 heteroatoms. The van der Waals surface area contributed by atoms with E-state index in [0.29, 0.717) is 11.7 Å². The first-order valence-corrected chi connectivity index (χ1v) is 7.46. The fraction of sp³-hybridized carbons (Fsp3) is 0.214. The fourth-order valence-electron chi connectivity index (χ4n) is 2.20. The number of thioether (sulfide) groups is 1. The SMILES string of the molecule is Cc1noc(C2=C(N=CNO)c3ccccc3SCC2)n1. The van der Waals surface area contributed by atoms with Crippen LogP contribution >= 0.6 is 11.8 Å². The second-order valence-corrected chi connectivity index (χ2v) is 5.59. The largest absolute Gasteiger partial charge is 0.334 e. The van der Waals surface area contributed by atoms with E-state index in [9.17, 15) is 0 Å². The summed E-state index contributed by atoms with van der Waals surface area (Å²) in [6, 6.07) is 8.02. The van der Waals surface area contributed by atoms with Gasteiger partial charge in [-0.3, -0.25) is 10.7 Å². The molecule has 2 heterocycles. The van der Waals surface area contributed by atoms with Gasteiger partial charge in [-0.15, -0.1) is 11.8 Å². The number of nitrogens with zero attached hydrogens (tertiary/aromatic N) is 3. The molecule has 0 spiro atoms. The third-order valence-corrected chi connectivity index (χ3v) is 4.15. The van der Waals surface area contributed by atoms with Crippen molar-refractivity contribution in [1.29, 1.82) is 0 Å². The van der Waals surface area contributed by atoms with Gasteiger partial charge in [0.2, 0.25) is 0 Å². The predicted molar refractivity (Wildman–Crippen MR) is 81.0 cm³/mol. The fourth-order valence-corrected chi connectivity index (χ4v) is 3.22. The molecule has 0 fully saturated rings. The topological polar surface area (TPSA) is 83.5 Å². The van der Waals surface area contributed by atoms with Crippen molar-refractivity contribution < 1.29 is 9.73 Å². The molecule has 0 saturated carbocycles. The lowest BCUT2D eigenvalue weighted by molar-refractivity contribution is 0.240. The van der Waals surface area contributed by atoms with Crippen molar-refractivity contribution in [3.8, 4) is 0 Å². The molecule has 108 valence electrons. The smallest absolute Gasteiger partial charge is 0.256 e. The highest BCUT2D eigenvalue weighted by molar-refractivity contribution is 7.99. The maximum atomic E-state index is 8.80. The highest BCUT2D eigenvalue weighted by atomic mass is 32.2. The van der Waals surface area contributed by atoms with Gasteiger partial charge >= 0.3 is 0 Å². The molecule has 2 N–H and O–H groups in total. The Labute approximate surface area is 125 Å². The maximum absolute atomic E-state index is 8.80. The van der Waals surface area contributed by atoms with E-state index in [1.807, 2.05) is 23.7 Å². The Kier molecular flexibility index (Phi) is 4.03. The molecule has 0 radical (unpaired) electrons. The Morgan fingerprint density at radius 3 is 3.05 bits per heavy atom. The first-order valence-electron chi connectivity index (χ1n) is 6.48. The Balaban J connectivity index is 2.19. The van der Waals surface area contributed by atoms with Gasteiger partial charge in [0.05, 0.1) is 5.70 Å². The number of aryl methyl sites for hydroxylation is 1. The number of hydrogen-bond donors (Lipinski definition) is 2. The van der Waals surface area contributed by atoms with Gasteiger partial charge in [0, 0.05) is 21.8 Å². The summed E-state index contributed by atoms with van der Waals surface area (Å²) < 4.78 is 5.30. The van der Waals surface area contributed by atoms with Crippen molar-refractivity contribution in [1.82, 2.24) is 15.6 Å². The first-order chi connectivity index (χ1) is 10.3. The van der Waals surface area contributed by atoms with Crippen molar-refractivity contribution in [2.24, 2.45) is 4.99 Å². The van der Waals surface area contributed by atoms with Gasteiger partial charge in [0.15, 0.2) is 5.82 Å². The average molecular weight is 302 g/mol. The van der Waals surface area contributed by atoms with E-state index in [4.69, 9.17) is 9.73 Å². The lowest BCUT2D eigenvalue weighted by atomic mass is 10.0. The average Bonchev–Trinajstić information content (AvgIpc) is 2.84. The van der Waals surface area contributed by atoms with E-state index in [2.05, 4.69) is 21.2 Å². The molecule has 21 heavy (non-hydrogen) atoms. The van der Waals surface area contributed by atoms with E-state index in [1.165, 1.54) is 6.34 Å². The third-order valence-electron chi connectivity index (χ3n) is 3.07. The summed E-state index contributed by atoms with van der Waals surface area (Å²) in [5, 5.41) is 12.6. The van der Waals surface area contributed by atoms with Crippen LogP contribution in [0.25, 0.3) is 11.3 Å². The summed E-state index contributed by atoms with van der Waals surface area (Å²) in [4.78, 5) is 9.78. The Bertz CT molecular complexity index is 709. The first kappa shape index (κ1) is 13.8. The van der Waals surface area contributed by atoms with Crippen LogP contribution in [0.5, 0.6) is 0 Å². The van der Waals surface area contributed by atoms with E-state index in [0.717, 1.165) is 33.9 Å². The molecule has 0 unspecified atom stereocenters. The zero-order chi connectivity index (χ0) is 14.7. The van der Waals surface area contributed by atoms with E-state index < -0.39 is 0 Å². The summed E-state index contributed by atoms with van der Waals surface area (Å²) in [7, 11) is 0. The van der Waals surface area contributed by atoms with Gasteiger partial charge in [-0.2, -0.15) is 4.98 Å². The number of aliphatic imine (C=N–C) groups is 1. The van der Waals surface area contributed by atoms with Crippen molar-refractivity contribution in [2.75, 3.05) is 5.75 Å². The molecule has 0 aliphatic carbocycles. The van der Waals surface area contributed by atoms with Crippen LogP contribution in [0.1, 0.15) is 23.7 Å². The quantitative estimate of drug-likeness (QED) is 0.515. The zero-order valence-corrected chi connectivity index (χ0v) is 12.2. The molecule has 3 rings (SSSR count). The molecule has 6 nitrogen and oxygen atoms in total. The molecule has 0 bridgehead atoms. The molecule has 1 aromatic carbocycles.